The van der Waals surface area contributed by atoms with E-state index in [1.165, 1.54) is 0 Å². The predicted molar refractivity (Wildman–Crippen MR) is 159 cm³/mol. The molecule has 0 spiro atoms. The Labute approximate surface area is 238 Å². The van der Waals surface area contributed by atoms with E-state index >= 15 is 0 Å². The number of nitrogens with zero attached hydrogens (tertiary/aromatic N) is 3. The van der Waals surface area contributed by atoms with Crippen molar-refractivity contribution in [2.45, 2.75) is 18.1 Å². The first-order valence-electron chi connectivity index (χ1n) is 9.66. The van der Waals surface area contributed by atoms with Crippen LogP contribution in [0, 0.1) is 3.57 Å². The van der Waals surface area contributed by atoms with Crippen molar-refractivity contribution in [3.63, 3.8) is 0 Å². The van der Waals surface area contributed by atoms with Crippen molar-refractivity contribution in [3.8, 4) is 0 Å². The van der Waals surface area contributed by atoms with Crippen LogP contribution in [0.25, 0.3) is 10.9 Å². The third-order valence-corrected chi connectivity index (χ3v) is 8.41. The van der Waals surface area contributed by atoms with E-state index in [9.17, 15) is 15.0 Å². The molecule has 0 bridgehead atoms. The highest BCUT2D eigenvalue weighted by Crippen LogP contribution is 2.50. The van der Waals surface area contributed by atoms with Crippen LogP contribution in [0.15, 0.2) is 47.6 Å². The van der Waals surface area contributed by atoms with Gasteiger partial charge in [0, 0.05) is 44.9 Å². The second-order valence-electron chi connectivity index (χ2n) is 7.75. The first kappa shape index (κ1) is 23.6. The lowest BCUT2D eigenvalue weighted by atomic mass is 9.87. The van der Waals surface area contributed by atoms with Gasteiger partial charge in [-0.25, -0.2) is 4.99 Å². The molecule has 2 N–H and O–H groups in total. The highest BCUT2D eigenvalue weighted by molar-refractivity contribution is 14.3. The summed E-state index contributed by atoms with van der Waals surface area (Å²) in [6.07, 6.45) is 1.94. The molecule has 3 heterocycles. The molecule has 6 nitrogen and oxygen atoms in total. The zero-order valence-electron chi connectivity index (χ0n) is 16.3. The largest absolute Gasteiger partial charge is 0.392 e. The van der Waals surface area contributed by atoms with Crippen LogP contribution in [0.5, 0.6) is 0 Å². The van der Waals surface area contributed by atoms with Crippen molar-refractivity contribution >= 4 is 124 Å². The Morgan fingerprint density at radius 2 is 1.94 bits per heavy atom. The minimum absolute atomic E-state index is 0.0817. The number of halogens is 4. The normalized spacial score (nSPS) is 20.4. The van der Waals surface area contributed by atoms with Gasteiger partial charge in [-0.3, -0.25) is 9.78 Å². The lowest BCUT2D eigenvalue weighted by Crippen LogP contribution is -2.48. The van der Waals surface area contributed by atoms with Crippen LogP contribution in [0.3, 0.4) is 0 Å². The van der Waals surface area contributed by atoms with Crippen LogP contribution >= 0.6 is 90.4 Å². The van der Waals surface area contributed by atoms with Crippen molar-refractivity contribution in [3.05, 3.63) is 62.9 Å². The Kier molecular flexibility index (Phi) is 6.26. The van der Waals surface area contributed by atoms with Gasteiger partial charge in [-0.2, -0.15) is 0 Å². The van der Waals surface area contributed by atoms with Gasteiger partial charge < -0.3 is 15.1 Å². The summed E-state index contributed by atoms with van der Waals surface area (Å²) >= 11 is 9.32. The van der Waals surface area contributed by atoms with Crippen LogP contribution in [-0.4, -0.2) is 39.0 Å². The second kappa shape index (κ2) is 8.49. The van der Waals surface area contributed by atoms with Gasteiger partial charge in [0.15, 0.2) is 5.60 Å². The number of carbonyl (C=O) groups excluding carboxylic acids is 1. The molecule has 0 radical (unpaired) electrons. The number of pyridine rings is 1. The zero-order chi connectivity index (χ0) is 22.8. The molecular weight excluding hydrogens is 862 g/mol. The summed E-state index contributed by atoms with van der Waals surface area (Å²) < 4.78 is 0.799. The molecule has 1 unspecified atom stereocenters. The van der Waals surface area contributed by atoms with E-state index in [1.807, 2.05) is 41.3 Å². The Morgan fingerprint density at radius 3 is 2.66 bits per heavy atom. The number of aliphatic imine (C=N–C) groups is 1. The van der Waals surface area contributed by atoms with E-state index < -0.39 is 5.60 Å². The number of fused-ring (bicyclic) bond motifs is 3. The average molecular weight is 877 g/mol. The fraction of sp³-hybridized carbons (Fsp3) is 0.227. The molecule has 1 saturated heterocycles. The quantitative estimate of drug-likeness (QED) is 0.264. The summed E-state index contributed by atoms with van der Waals surface area (Å²) in [7, 11) is 0. The molecule has 164 valence electrons. The van der Waals surface area contributed by atoms with Crippen LogP contribution in [0.2, 0.25) is 0 Å². The van der Waals surface area contributed by atoms with E-state index in [0.717, 1.165) is 31.3 Å². The number of benzene rings is 2. The van der Waals surface area contributed by atoms with E-state index in [-0.39, 0.29) is 18.2 Å². The van der Waals surface area contributed by atoms with E-state index in [2.05, 4.69) is 95.3 Å². The predicted octanol–water partition coefficient (Wildman–Crippen LogP) is 5.61. The third kappa shape index (κ3) is 3.89. The van der Waals surface area contributed by atoms with Gasteiger partial charge in [-0.1, -0.05) is 0 Å². The molecule has 1 atom stereocenters. The number of carbonyl (C=O) groups is 1. The molecular formula is C22H15I4N3O3. The SMILES string of the molecule is O=C1c2cc(I)c(C(I)(I)I)cc2N=C2N(c3ccc4ncc(CO)cc4c3)CCC12O. The van der Waals surface area contributed by atoms with Gasteiger partial charge in [-0.15, -0.1) is 0 Å². The van der Waals surface area contributed by atoms with Crippen molar-refractivity contribution in [1.82, 2.24) is 4.98 Å². The van der Waals surface area contributed by atoms with Gasteiger partial charge in [0.2, 0.25) is 5.78 Å². The van der Waals surface area contributed by atoms with Crippen LogP contribution in [-0.2, 0) is 6.04 Å². The lowest BCUT2D eigenvalue weighted by molar-refractivity contribution is 0.0602. The summed E-state index contributed by atoms with van der Waals surface area (Å²) in [4.78, 5) is 24.5. The van der Waals surface area contributed by atoms with E-state index in [1.54, 1.807) is 6.20 Å². The van der Waals surface area contributed by atoms with Gasteiger partial charge in [0.1, 0.15) is 5.27 Å². The summed E-state index contributed by atoms with van der Waals surface area (Å²) in [5.41, 5.74) is 2.89. The number of Topliss-reactive ketones (excluding diaryl/α,β-unsaturated/α-hetero) is 1. The molecule has 1 fully saturated rings. The molecule has 5 rings (SSSR count). The first-order chi connectivity index (χ1) is 15.1. The molecule has 10 heteroatoms. The summed E-state index contributed by atoms with van der Waals surface area (Å²) in [5.74, 6) is 0.0733. The van der Waals surface area contributed by atoms with Crippen LogP contribution in [0.1, 0.15) is 27.9 Å². The number of aliphatic hydroxyl groups excluding tert-OH is 1. The maximum atomic E-state index is 13.4. The molecule has 1 aromatic heterocycles. The van der Waals surface area contributed by atoms with Crippen molar-refractivity contribution < 1.29 is 15.0 Å². The number of anilines is 1. The van der Waals surface area contributed by atoms with Gasteiger partial charge in [0.05, 0.1) is 17.8 Å². The molecule has 0 amide bonds. The van der Waals surface area contributed by atoms with Crippen LogP contribution < -0.4 is 4.90 Å². The maximum absolute atomic E-state index is 13.4. The average Bonchev–Trinajstić information content (AvgIpc) is 3.10. The van der Waals surface area contributed by atoms with Gasteiger partial charge in [0.25, 0.3) is 0 Å². The van der Waals surface area contributed by atoms with E-state index in [4.69, 9.17) is 4.99 Å². The Hall–Kier alpha value is -0.170. The molecule has 3 aromatic rings. The van der Waals surface area contributed by atoms with Gasteiger partial charge >= 0.3 is 0 Å². The monoisotopic (exact) mass is 877 g/mol. The number of amidine groups is 1. The van der Waals surface area contributed by atoms with Crippen molar-refractivity contribution in [2.24, 2.45) is 4.99 Å². The molecule has 2 aliphatic rings. The molecule has 32 heavy (non-hydrogen) atoms. The Balaban J connectivity index is 1.64. The smallest absolute Gasteiger partial charge is 0.204 e. The minimum Gasteiger partial charge on any atom is -0.392 e. The second-order valence-corrected chi connectivity index (χ2v) is 20.0. The number of rotatable bonds is 3. The first-order valence-corrected chi connectivity index (χ1v) is 14.0. The van der Waals surface area contributed by atoms with Crippen molar-refractivity contribution in [1.29, 1.82) is 0 Å². The maximum Gasteiger partial charge on any atom is 0.204 e. The van der Waals surface area contributed by atoms with Gasteiger partial charge in [-0.05, 0) is 132 Å². The number of aliphatic hydroxyl groups is 2. The Bertz CT molecular complexity index is 1320. The molecule has 0 saturated carbocycles. The molecule has 2 aromatic carbocycles. The van der Waals surface area contributed by atoms with Crippen molar-refractivity contribution in [2.75, 3.05) is 11.4 Å². The summed E-state index contributed by atoms with van der Waals surface area (Å²) in [6, 6.07) is 11.5. The van der Waals surface area contributed by atoms with Crippen LogP contribution in [0.4, 0.5) is 11.4 Å². The van der Waals surface area contributed by atoms with E-state index in [0.29, 0.717) is 23.6 Å². The minimum atomic E-state index is -1.63. The number of hydrogen-bond acceptors (Lipinski definition) is 6. The third-order valence-electron chi connectivity index (χ3n) is 5.78. The number of hydrogen-bond donors (Lipinski definition) is 2. The summed E-state index contributed by atoms with van der Waals surface area (Å²) in [5, 5.41) is 21.7. The number of aromatic nitrogens is 1. The highest BCUT2D eigenvalue weighted by atomic mass is 127. The number of ketones is 1. The Morgan fingerprint density at radius 1 is 1.16 bits per heavy atom. The fourth-order valence-corrected chi connectivity index (χ4v) is 7.90. The standard InChI is InChI=1S/C22H15I4N3O3/c23-16-7-14-18(8-15(16)22(24,25)26)28-20-21(32,19(14)31)3-4-29(20)13-1-2-17-12(6-13)5-11(10-30)9-27-17/h1-2,5-9,30,32H,3-4,10H2. The highest BCUT2D eigenvalue weighted by Gasteiger charge is 2.52. The fourth-order valence-electron chi connectivity index (χ4n) is 4.14. The topological polar surface area (TPSA) is 86.0 Å². The number of alkyl halides is 3. The lowest BCUT2D eigenvalue weighted by Gasteiger charge is -2.30. The molecule has 0 aliphatic carbocycles. The summed E-state index contributed by atoms with van der Waals surface area (Å²) in [6.45, 7) is 0.397. The zero-order valence-corrected chi connectivity index (χ0v) is 24.9. The molecule has 2 aliphatic heterocycles.